The molecule has 1 N–H and O–H groups in total. The van der Waals surface area contributed by atoms with Crippen molar-refractivity contribution in [3.05, 3.63) is 29.3 Å². The summed E-state index contributed by atoms with van der Waals surface area (Å²) in [5, 5.41) is 3.28. The fourth-order valence-electron chi connectivity index (χ4n) is 3.33. The molecule has 1 aliphatic rings. The minimum atomic E-state index is -0.527. The Balaban J connectivity index is 2.44. The quantitative estimate of drug-likeness (QED) is 0.874. The van der Waals surface area contributed by atoms with E-state index < -0.39 is 11.6 Å². The van der Waals surface area contributed by atoms with Crippen molar-refractivity contribution >= 4 is 0 Å². The van der Waals surface area contributed by atoms with E-state index in [1.165, 1.54) is 19.2 Å². The highest BCUT2D eigenvalue weighted by Gasteiger charge is 2.40. The summed E-state index contributed by atoms with van der Waals surface area (Å²) in [6.45, 7) is 4.77. The molecule has 0 amide bonds. The number of hydrogen-bond donors (Lipinski definition) is 1. The Kier molecular flexibility index (Phi) is 4.63. The molecule has 1 atom stereocenters. The van der Waals surface area contributed by atoms with Gasteiger partial charge in [-0.05, 0) is 24.8 Å². The lowest BCUT2D eigenvalue weighted by atomic mass is 9.77. The van der Waals surface area contributed by atoms with Gasteiger partial charge in [0.05, 0.1) is 7.11 Å². The SMILES string of the molecule is CCNC(c1c(F)cc(OC)cc1F)C1(C)CCCC1. The average Bonchev–Trinajstić information content (AvgIpc) is 2.84. The molecule has 0 heterocycles. The number of benzene rings is 1. The van der Waals surface area contributed by atoms with E-state index in [9.17, 15) is 8.78 Å². The van der Waals surface area contributed by atoms with Crippen molar-refractivity contribution in [2.75, 3.05) is 13.7 Å². The maximum atomic E-state index is 14.3. The van der Waals surface area contributed by atoms with Crippen molar-refractivity contribution in [2.24, 2.45) is 5.41 Å². The lowest BCUT2D eigenvalue weighted by molar-refractivity contribution is 0.215. The Bertz CT molecular complexity index is 447. The van der Waals surface area contributed by atoms with Crippen LogP contribution in [0, 0.1) is 17.0 Å². The topological polar surface area (TPSA) is 21.3 Å². The Morgan fingerprint density at radius 2 is 1.80 bits per heavy atom. The molecular weight excluding hydrogens is 260 g/mol. The van der Waals surface area contributed by atoms with Crippen LogP contribution in [0.4, 0.5) is 8.78 Å². The zero-order valence-corrected chi connectivity index (χ0v) is 12.4. The minimum Gasteiger partial charge on any atom is -0.497 e. The third kappa shape index (κ3) is 2.80. The van der Waals surface area contributed by atoms with Crippen LogP contribution in [0.25, 0.3) is 0 Å². The number of methoxy groups -OCH3 is 1. The van der Waals surface area contributed by atoms with Crippen molar-refractivity contribution in [2.45, 2.75) is 45.6 Å². The van der Waals surface area contributed by atoms with Gasteiger partial charge in [0.15, 0.2) is 0 Å². The van der Waals surface area contributed by atoms with Crippen molar-refractivity contribution < 1.29 is 13.5 Å². The zero-order chi connectivity index (χ0) is 14.8. The molecule has 2 nitrogen and oxygen atoms in total. The number of rotatable bonds is 5. The summed E-state index contributed by atoms with van der Waals surface area (Å²) in [6.07, 6.45) is 4.24. The first-order valence-electron chi connectivity index (χ1n) is 7.28. The predicted molar refractivity (Wildman–Crippen MR) is 75.9 cm³/mol. The Labute approximate surface area is 119 Å². The normalized spacial score (nSPS) is 19.1. The number of hydrogen-bond acceptors (Lipinski definition) is 2. The second-order valence-electron chi connectivity index (χ2n) is 5.86. The van der Waals surface area contributed by atoms with E-state index in [0.717, 1.165) is 25.7 Å². The van der Waals surface area contributed by atoms with Crippen LogP contribution in [0.1, 0.15) is 51.1 Å². The van der Waals surface area contributed by atoms with E-state index in [0.29, 0.717) is 6.54 Å². The van der Waals surface area contributed by atoms with Crippen molar-refractivity contribution in [1.29, 1.82) is 0 Å². The van der Waals surface area contributed by atoms with Crippen molar-refractivity contribution in [1.82, 2.24) is 5.32 Å². The van der Waals surface area contributed by atoms with Gasteiger partial charge in [-0.2, -0.15) is 0 Å². The molecule has 0 bridgehead atoms. The van der Waals surface area contributed by atoms with Crippen LogP contribution < -0.4 is 10.1 Å². The smallest absolute Gasteiger partial charge is 0.134 e. The van der Waals surface area contributed by atoms with Gasteiger partial charge in [-0.15, -0.1) is 0 Å². The predicted octanol–water partition coefficient (Wildman–Crippen LogP) is 4.20. The van der Waals surface area contributed by atoms with Gasteiger partial charge in [-0.1, -0.05) is 26.7 Å². The third-order valence-corrected chi connectivity index (χ3v) is 4.43. The van der Waals surface area contributed by atoms with Crippen LogP contribution in [-0.2, 0) is 0 Å². The van der Waals surface area contributed by atoms with Gasteiger partial charge in [0.1, 0.15) is 17.4 Å². The average molecular weight is 283 g/mol. The van der Waals surface area contributed by atoms with E-state index in [2.05, 4.69) is 12.2 Å². The molecule has 20 heavy (non-hydrogen) atoms. The van der Waals surface area contributed by atoms with Crippen LogP contribution in [0.3, 0.4) is 0 Å². The van der Waals surface area contributed by atoms with Crippen LogP contribution in [-0.4, -0.2) is 13.7 Å². The van der Waals surface area contributed by atoms with E-state index in [1.54, 1.807) is 0 Å². The molecule has 2 rings (SSSR count). The fourth-order valence-corrected chi connectivity index (χ4v) is 3.33. The molecule has 1 fully saturated rings. The van der Waals surface area contributed by atoms with Crippen molar-refractivity contribution in [3.8, 4) is 5.75 Å². The molecule has 1 aliphatic carbocycles. The summed E-state index contributed by atoms with van der Waals surface area (Å²) in [5.41, 5.74) is 0.0591. The van der Waals surface area contributed by atoms with Gasteiger partial charge in [-0.3, -0.25) is 0 Å². The van der Waals surface area contributed by atoms with Gasteiger partial charge in [0, 0.05) is 23.7 Å². The first-order valence-corrected chi connectivity index (χ1v) is 7.28. The fraction of sp³-hybridized carbons (Fsp3) is 0.625. The molecule has 1 aromatic rings. The first-order chi connectivity index (χ1) is 9.51. The summed E-state index contributed by atoms with van der Waals surface area (Å²) >= 11 is 0. The second kappa shape index (κ2) is 6.08. The molecular formula is C16H23F2NO. The summed E-state index contributed by atoms with van der Waals surface area (Å²) in [6, 6.07) is 2.24. The molecule has 0 saturated heterocycles. The van der Waals surface area contributed by atoms with Gasteiger partial charge < -0.3 is 10.1 Å². The van der Waals surface area contributed by atoms with Gasteiger partial charge in [-0.25, -0.2) is 8.78 Å². The van der Waals surface area contributed by atoms with Crippen LogP contribution in [0.2, 0.25) is 0 Å². The maximum Gasteiger partial charge on any atom is 0.134 e. The van der Waals surface area contributed by atoms with Gasteiger partial charge in [0.25, 0.3) is 0 Å². The third-order valence-electron chi connectivity index (χ3n) is 4.43. The molecule has 1 unspecified atom stereocenters. The zero-order valence-electron chi connectivity index (χ0n) is 12.4. The van der Waals surface area contributed by atoms with Crippen LogP contribution >= 0.6 is 0 Å². The summed E-state index contributed by atoms with van der Waals surface area (Å²) in [7, 11) is 1.41. The highest BCUT2D eigenvalue weighted by molar-refractivity contribution is 5.33. The minimum absolute atomic E-state index is 0.0910. The van der Waals surface area contributed by atoms with Crippen LogP contribution in [0.5, 0.6) is 5.75 Å². The number of nitrogens with one attached hydrogen (secondary N) is 1. The largest absolute Gasteiger partial charge is 0.497 e. The van der Waals surface area contributed by atoms with Gasteiger partial charge in [0.2, 0.25) is 0 Å². The van der Waals surface area contributed by atoms with E-state index in [-0.39, 0.29) is 22.8 Å². The van der Waals surface area contributed by atoms with Crippen LogP contribution in [0.15, 0.2) is 12.1 Å². The highest BCUT2D eigenvalue weighted by atomic mass is 19.1. The molecule has 0 aliphatic heterocycles. The molecule has 4 heteroatoms. The molecule has 0 spiro atoms. The summed E-state index contributed by atoms with van der Waals surface area (Å²) in [4.78, 5) is 0. The lowest BCUT2D eigenvalue weighted by Gasteiger charge is -2.35. The number of ether oxygens (including phenoxy) is 1. The summed E-state index contributed by atoms with van der Waals surface area (Å²) in [5.74, 6) is -0.836. The Hall–Kier alpha value is -1.16. The molecule has 0 radical (unpaired) electrons. The summed E-state index contributed by atoms with van der Waals surface area (Å²) < 4.78 is 33.6. The van der Waals surface area contributed by atoms with Crippen molar-refractivity contribution in [3.63, 3.8) is 0 Å². The van der Waals surface area contributed by atoms with E-state index in [4.69, 9.17) is 4.74 Å². The molecule has 0 aromatic heterocycles. The number of halogens is 2. The monoisotopic (exact) mass is 283 g/mol. The second-order valence-corrected chi connectivity index (χ2v) is 5.86. The van der Waals surface area contributed by atoms with E-state index in [1.807, 2.05) is 6.92 Å². The highest BCUT2D eigenvalue weighted by Crippen LogP contribution is 2.48. The first kappa shape index (κ1) is 15.2. The Morgan fingerprint density at radius 1 is 1.25 bits per heavy atom. The Morgan fingerprint density at radius 3 is 2.25 bits per heavy atom. The maximum absolute atomic E-state index is 14.3. The lowest BCUT2D eigenvalue weighted by Crippen LogP contribution is -2.35. The van der Waals surface area contributed by atoms with E-state index >= 15 is 0 Å². The molecule has 112 valence electrons. The molecule has 1 saturated carbocycles. The van der Waals surface area contributed by atoms with Gasteiger partial charge >= 0.3 is 0 Å². The standard InChI is InChI=1S/C16H23F2NO/c1-4-19-15(16(2)7-5-6-8-16)14-12(17)9-11(20-3)10-13(14)18/h9-10,15,19H,4-8H2,1-3H3. The molecule has 1 aromatic carbocycles.